The van der Waals surface area contributed by atoms with Gasteiger partial charge in [0.2, 0.25) is 0 Å². The van der Waals surface area contributed by atoms with Gasteiger partial charge in [-0.15, -0.1) is 0 Å². The van der Waals surface area contributed by atoms with E-state index in [1.807, 2.05) is 0 Å². The van der Waals surface area contributed by atoms with Crippen LogP contribution in [0.25, 0.3) is 0 Å². The minimum Gasteiger partial charge on any atom is -0.381 e. The molecule has 15 heavy (non-hydrogen) atoms. The van der Waals surface area contributed by atoms with Gasteiger partial charge in [-0.2, -0.15) is 0 Å². The van der Waals surface area contributed by atoms with Gasteiger partial charge in [0.25, 0.3) is 0 Å². The van der Waals surface area contributed by atoms with E-state index < -0.39 is 0 Å². The average molecular weight is 211 g/mol. The lowest BCUT2D eigenvalue weighted by Crippen LogP contribution is -2.30. The highest BCUT2D eigenvalue weighted by Crippen LogP contribution is 2.26. The Labute approximate surface area is 93.8 Å². The third-order valence-electron chi connectivity index (χ3n) is 3.89. The van der Waals surface area contributed by atoms with E-state index >= 15 is 0 Å². The molecule has 0 amide bonds. The Hall–Kier alpha value is -0.0800. The molecule has 1 N–H and O–H groups in total. The van der Waals surface area contributed by atoms with Gasteiger partial charge in [-0.25, -0.2) is 0 Å². The Kier molecular flexibility index (Phi) is 4.94. The van der Waals surface area contributed by atoms with E-state index in [1.54, 1.807) is 0 Å². The first-order valence-corrected chi connectivity index (χ1v) is 6.73. The Morgan fingerprint density at radius 3 is 2.53 bits per heavy atom. The standard InChI is InChI=1S/C13H25NO/c1-2-5-12(4-1)7-8-14-10-13-6-3-9-15-11-13/h12-14H,1-11H2. The van der Waals surface area contributed by atoms with Crippen LogP contribution in [0, 0.1) is 11.8 Å². The molecule has 1 atom stereocenters. The average Bonchev–Trinajstić information content (AvgIpc) is 2.79. The molecule has 1 aliphatic heterocycles. The van der Waals surface area contributed by atoms with Crippen LogP contribution < -0.4 is 5.32 Å². The molecule has 0 aromatic carbocycles. The summed E-state index contributed by atoms with van der Waals surface area (Å²) in [4.78, 5) is 0. The molecule has 2 heteroatoms. The van der Waals surface area contributed by atoms with Crippen molar-refractivity contribution in [3.63, 3.8) is 0 Å². The highest BCUT2D eigenvalue weighted by atomic mass is 16.5. The summed E-state index contributed by atoms with van der Waals surface area (Å²) in [5.74, 6) is 1.81. The number of ether oxygens (including phenoxy) is 1. The second kappa shape index (κ2) is 6.49. The van der Waals surface area contributed by atoms with E-state index in [9.17, 15) is 0 Å². The lowest BCUT2D eigenvalue weighted by Gasteiger charge is -2.22. The smallest absolute Gasteiger partial charge is 0.0506 e. The summed E-state index contributed by atoms with van der Waals surface area (Å²) in [5, 5.41) is 3.60. The Morgan fingerprint density at radius 1 is 1.00 bits per heavy atom. The van der Waals surface area contributed by atoms with Crippen molar-refractivity contribution in [1.29, 1.82) is 0 Å². The molecule has 2 fully saturated rings. The van der Waals surface area contributed by atoms with E-state index in [2.05, 4.69) is 5.32 Å². The van der Waals surface area contributed by atoms with Gasteiger partial charge in [0.1, 0.15) is 0 Å². The van der Waals surface area contributed by atoms with Gasteiger partial charge < -0.3 is 10.1 Å². The second-order valence-corrected chi connectivity index (χ2v) is 5.23. The molecule has 0 aromatic heterocycles. The summed E-state index contributed by atoms with van der Waals surface area (Å²) >= 11 is 0. The third-order valence-corrected chi connectivity index (χ3v) is 3.89. The molecule has 0 bridgehead atoms. The fourth-order valence-corrected chi connectivity index (χ4v) is 2.88. The van der Waals surface area contributed by atoms with Crippen LogP contribution in [0.3, 0.4) is 0 Å². The molecule has 0 spiro atoms. The van der Waals surface area contributed by atoms with Crippen molar-refractivity contribution in [2.45, 2.75) is 44.9 Å². The maximum Gasteiger partial charge on any atom is 0.0506 e. The minimum absolute atomic E-state index is 0.780. The van der Waals surface area contributed by atoms with Crippen molar-refractivity contribution in [2.75, 3.05) is 26.3 Å². The summed E-state index contributed by atoms with van der Waals surface area (Å²) < 4.78 is 5.47. The normalized spacial score (nSPS) is 28.4. The number of hydrogen-bond acceptors (Lipinski definition) is 2. The maximum atomic E-state index is 5.47. The molecule has 2 rings (SSSR count). The van der Waals surface area contributed by atoms with Crippen molar-refractivity contribution < 1.29 is 4.74 Å². The molecule has 2 aliphatic rings. The second-order valence-electron chi connectivity index (χ2n) is 5.23. The largest absolute Gasteiger partial charge is 0.381 e. The molecule has 1 unspecified atom stereocenters. The first kappa shape index (κ1) is 11.4. The lowest BCUT2D eigenvalue weighted by atomic mass is 10.0. The maximum absolute atomic E-state index is 5.47. The van der Waals surface area contributed by atoms with Gasteiger partial charge in [0, 0.05) is 13.2 Å². The summed E-state index contributed by atoms with van der Waals surface area (Å²) in [6.07, 6.45) is 9.92. The molecule has 88 valence electrons. The van der Waals surface area contributed by atoms with Crippen molar-refractivity contribution in [1.82, 2.24) is 5.32 Å². The Bertz CT molecular complexity index is 160. The number of nitrogens with one attached hydrogen (secondary N) is 1. The van der Waals surface area contributed by atoms with E-state index in [-0.39, 0.29) is 0 Å². The Balaban J connectivity index is 1.47. The van der Waals surface area contributed by atoms with Crippen LogP contribution in [0.5, 0.6) is 0 Å². The van der Waals surface area contributed by atoms with E-state index in [0.717, 1.165) is 25.0 Å². The van der Waals surface area contributed by atoms with E-state index in [1.165, 1.54) is 58.0 Å². The van der Waals surface area contributed by atoms with Crippen LogP contribution in [0.4, 0.5) is 0 Å². The first-order chi connectivity index (χ1) is 7.45. The molecular weight excluding hydrogens is 186 g/mol. The van der Waals surface area contributed by atoms with Crippen molar-refractivity contribution in [2.24, 2.45) is 11.8 Å². The van der Waals surface area contributed by atoms with Crippen LogP contribution in [-0.4, -0.2) is 26.3 Å². The molecule has 1 aliphatic carbocycles. The van der Waals surface area contributed by atoms with Gasteiger partial charge >= 0.3 is 0 Å². The lowest BCUT2D eigenvalue weighted by molar-refractivity contribution is 0.0548. The fraction of sp³-hybridized carbons (Fsp3) is 1.00. The van der Waals surface area contributed by atoms with Crippen LogP contribution in [0.2, 0.25) is 0 Å². The van der Waals surface area contributed by atoms with Crippen LogP contribution in [-0.2, 0) is 4.74 Å². The quantitative estimate of drug-likeness (QED) is 0.706. The summed E-state index contributed by atoms with van der Waals surface area (Å²) in [6, 6.07) is 0. The highest BCUT2D eigenvalue weighted by Gasteiger charge is 2.15. The first-order valence-electron chi connectivity index (χ1n) is 6.73. The van der Waals surface area contributed by atoms with Gasteiger partial charge in [0.05, 0.1) is 6.61 Å². The third kappa shape index (κ3) is 4.12. The van der Waals surface area contributed by atoms with Crippen LogP contribution >= 0.6 is 0 Å². The van der Waals surface area contributed by atoms with Gasteiger partial charge in [-0.05, 0) is 37.6 Å². The molecule has 1 saturated carbocycles. The molecule has 1 saturated heterocycles. The van der Waals surface area contributed by atoms with Crippen molar-refractivity contribution >= 4 is 0 Å². The summed E-state index contributed by atoms with van der Waals surface area (Å²) in [5.41, 5.74) is 0. The summed E-state index contributed by atoms with van der Waals surface area (Å²) in [6.45, 7) is 4.36. The van der Waals surface area contributed by atoms with E-state index in [0.29, 0.717) is 0 Å². The van der Waals surface area contributed by atoms with Gasteiger partial charge in [-0.1, -0.05) is 25.7 Å². The molecule has 2 nitrogen and oxygen atoms in total. The van der Waals surface area contributed by atoms with Crippen LogP contribution in [0.15, 0.2) is 0 Å². The topological polar surface area (TPSA) is 21.3 Å². The number of rotatable bonds is 5. The van der Waals surface area contributed by atoms with E-state index in [4.69, 9.17) is 4.74 Å². The molecule has 1 heterocycles. The summed E-state index contributed by atoms with van der Waals surface area (Å²) in [7, 11) is 0. The van der Waals surface area contributed by atoms with Crippen LogP contribution in [0.1, 0.15) is 44.9 Å². The zero-order valence-corrected chi connectivity index (χ0v) is 9.84. The highest BCUT2D eigenvalue weighted by molar-refractivity contribution is 4.70. The predicted octanol–water partition coefficient (Wildman–Crippen LogP) is 2.58. The van der Waals surface area contributed by atoms with Crippen molar-refractivity contribution in [3.05, 3.63) is 0 Å². The monoisotopic (exact) mass is 211 g/mol. The zero-order valence-electron chi connectivity index (χ0n) is 9.84. The SMILES string of the molecule is C1CCC(CCNCC2CCCOC2)C1. The minimum atomic E-state index is 0.780. The fourth-order valence-electron chi connectivity index (χ4n) is 2.88. The number of hydrogen-bond donors (Lipinski definition) is 1. The molecule has 0 radical (unpaired) electrons. The van der Waals surface area contributed by atoms with Gasteiger partial charge in [-0.3, -0.25) is 0 Å². The van der Waals surface area contributed by atoms with Gasteiger partial charge in [0.15, 0.2) is 0 Å². The Morgan fingerprint density at radius 2 is 1.80 bits per heavy atom. The zero-order chi connectivity index (χ0) is 10.3. The molecular formula is C13H25NO. The molecule has 0 aromatic rings. The van der Waals surface area contributed by atoms with Crippen molar-refractivity contribution in [3.8, 4) is 0 Å². The predicted molar refractivity (Wildman–Crippen MR) is 63.0 cm³/mol.